The largest absolute Gasteiger partial charge is 0.354 e. The molecule has 144 valence electrons. The van der Waals surface area contributed by atoms with Gasteiger partial charge in [0.25, 0.3) is 5.91 Å². The van der Waals surface area contributed by atoms with Crippen LogP contribution >= 0.6 is 0 Å². The number of aryl methyl sites for hydroxylation is 3. The number of benzene rings is 2. The second kappa shape index (κ2) is 8.61. The Bertz CT molecular complexity index is 986. The average Bonchev–Trinajstić information content (AvgIpc) is 2.65. The minimum Gasteiger partial charge on any atom is -0.354 e. The molecule has 0 bridgehead atoms. The fourth-order valence-corrected chi connectivity index (χ4v) is 2.87. The summed E-state index contributed by atoms with van der Waals surface area (Å²) < 4.78 is 13.0. The van der Waals surface area contributed by atoms with Crippen LogP contribution in [-0.4, -0.2) is 22.4 Å². The molecule has 3 rings (SSSR count). The average molecular weight is 378 g/mol. The van der Waals surface area contributed by atoms with E-state index in [1.165, 1.54) is 12.1 Å². The van der Waals surface area contributed by atoms with Crippen LogP contribution in [0.15, 0.2) is 48.5 Å². The number of rotatable bonds is 6. The number of nitrogens with one attached hydrogen (secondary N) is 2. The third-order valence-corrected chi connectivity index (χ3v) is 4.33. The van der Waals surface area contributed by atoms with Crippen molar-refractivity contribution >= 4 is 17.5 Å². The second-order valence-electron chi connectivity index (χ2n) is 6.79. The lowest BCUT2D eigenvalue weighted by molar-refractivity contribution is 0.102. The van der Waals surface area contributed by atoms with Gasteiger partial charge >= 0.3 is 0 Å². The molecule has 0 saturated carbocycles. The van der Waals surface area contributed by atoms with Crippen LogP contribution in [0.4, 0.5) is 16.0 Å². The van der Waals surface area contributed by atoms with Crippen molar-refractivity contribution in [3.05, 3.63) is 82.4 Å². The van der Waals surface area contributed by atoms with Gasteiger partial charge < -0.3 is 10.6 Å². The summed E-state index contributed by atoms with van der Waals surface area (Å²) in [7, 11) is 0. The smallest absolute Gasteiger partial charge is 0.274 e. The summed E-state index contributed by atoms with van der Waals surface area (Å²) in [4.78, 5) is 21.3. The monoisotopic (exact) mass is 378 g/mol. The highest BCUT2D eigenvalue weighted by molar-refractivity contribution is 6.03. The lowest BCUT2D eigenvalue weighted by Crippen LogP contribution is -2.17. The summed E-state index contributed by atoms with van der Waals surface area (Å²) in [5, 5.41) is 6.03. The Morgan fingerprint density at radius 2 is 1.75 bits per heavy atom. The molecule has 0 atom stereocenters. The van der Waals surface area contributed by atoms with Gasteiger partial charge in [-0.25, -0.2) is 14.4 Å². The molecule has 0 aliphatic carbocycles. The Hall–Kier alpha value is -3.28. The molecule has 2 aromatic carbocycles. The van der Waals surface area contributed by atoms with Gasteiger partial charge in [-0.2, -0.15) is 0 Å². The van der Waals surface area contributed by atoms with Gasteiger partial charge in [0, 0.05) is 17.9 Å². The van der Waals surface area contributed by atoms with Gasteiger partial charge in [0.05, 0.1) is 0 Å². The maximum atomic E-state index is 13.0. The lowest BCUT2D eigenvalue weighted by Gasteiger charge is -2.11. The third-order valence-electron chi connectivity index (χ3n) is 4.33. The molecule has 6 heteroatoms. The molecule has 0 aliphatic heterocycles. The maximum Gasteiger partial charge on any atom is 0.274 e. The Morgan fingerprint density at radius 1 is 1.00 bits per heavy atom. The van der Waals surface area contributed by atoms with Crippen LogP contribution in [-0.2, 0) is 6.42 Å². The first kappa shape index (κ1) is 19.5. The zero-order valence-corrected chi connectivity index (χ0v) is 16.2. The standard InChI is InChI=1S/C22H23FN4O/c1-14-4-9-19(15(2)12-14)26-21(28)20-13-16(3)25-22(27-20)24-11-10-17-5-7-18(23)8-6-17/h4-9,12-13H,10-11H2,1-3H3,(H,26,28)(H,24,25,27). The minimum absolute atomic E-state index is 0.252. The number of carbonyl (C=O) groups is 1. The van der Waals surface area contributed by atoms with Crippen molar-refractivity contribution in [2.45, 2.75) is 27.2 Å². The molecule has 0 unspecified atom stereocenters. The van der Waals surface area contributed by atoms with Gasteiger partial charge in [-0.3, -0.25) is 4.79 Å². The molecule has 0 aliphatic rings. The van der Waals surface area contributed by atoms with Gasteiger partial charge in [0.15, 0.2) is 0 Å². The highest BCUT2D eigenvalue weighted by Gasteiger charge is 2.12. The van der Waals surface area contributed by atoms with Gasteiger partial charge in [-0.05, 0) is 62.6 Å². The summed E-state index contributed by atoms with van der Waals surface area (Å²) in [6, 6.07) is 13.9. The molecule has 0 spiro atoms. The molecular formula is C22H23FN4O. The molecule has 0 saturated heterocycles. The quantitative estimate of drug-likeness (QED) is 0.665. The molecule has 1 aromatic heterocycles. The van der Waals surface area contributed by atoms with Crippen LogP contribution in [0.2, 0.25) is 0 Å². The van der Waals surface area contributed by atoms with Crippen molar-refractivity contribution in [1.82, 2.24) is 9.97 Å². The second-order valence-corrected chi connectivity index (χ2v) is 6.79. The molecular weight excluding hydrogens is 355 g/mol. The Kier molecular flexibility index (Phi) is 5.99. The number of halogens is 1. The van der Waals surface area contributed by atoms with Crippen LogP contribution in [0, 0.1) is 26.6 Å². The maximum absolute atomic E-state index is 13.0. The van der Waals surface area contributed by atoms with E-state index < -0.39 is 0 Å². The Labute approximate surface area is 164 Å². The van der Waals surface area contributed by atoms with Crippen molar-refractivity contribution in [2.24, 2.45) is 0 Å². The minimum atomic E-state index is -0.279. The van der Waals surface area contributed by atoms with E-state index in [2.05, 4.69) is 20.6 Å². The van der Waals surface area contributed by atoms with Crippen molar-refractivity contribution in [1.29, 1.82) is 0 Å². The first-order valence-electron chi connectivity index (χ1n) is 9.13. The summed E-state index contributed by atoms with van der Waals surface area (Å²) in [6.45, 7) is 6.36. The first-order chi connectivity index (χ1) is 13.4. The number of carbonyl (C=O) groups excluding carboxylic acids is 1. The molecule has 1 amide bonds. The SMILES string of the molecule is Cc1ccc(NC(=O)c2cc(C)nc(NCCc3ccc(F)cc3)n2)c(C)c1. The van der Waals surface area contributed by atoms with Crippen LogP contribution < -0.4 is 10.6 Å². The predicted octanol–water partition coefficient (Wildman–Crippen LogP) is 4.45. The summed E-state index contributed by atoms with van der Waals surface area (Å²) in [6.07, 6.45) is 0.696. The summed E-state index contributed by atoms with van der Waals surface area (Å²) in [5.74, 6) is -0.134. The Balaban J connectivity index is 1.66. The lowest BCUT2D eigenvalue weighted by atomic mass is 10.1. The van der Waals surface area contributed by atoms with E-state index >= 15 is 0 Å². The zero-order valence-electron chi connectivity index (χ0n) is 16.2. The summed E-state index contributed by atoms with van der Waals surface area (Å²) >= 11 is 0. The van der Waals surface area contributed by atoms with Crippen molar-refractivity contribution in [3.8, 4) is 0 Å². The zero-order chi connectivity index (χ0) is 20.1. The van der Waals surface area contributed by atoms with Gasteiger partial charge in [-0.1, -0.05) is 29.8 Å². The fourth-order valence-electron chi connectivity index (χ4n) is 2.87. The predicted molar refractivity (Wildman–Crippen MR) is 109 cm³/mol. The molecule has 0 fully saturated rings. The normalized spacial score (nSPS) is 10.6. The van der Waals surface area contributed by atoms with E-state index in [0.717, 1.165) is 22.4 Å². The fraction of sp³-hybridized carbons (Fsp3) is 0.227. The highest BCUT2D eigenvalue weighted by atomic mass is 19.1. The van der Waals surface area contributed by atoms with Crippen molar-refractivity contribution < 1.29 is 9.18 Å². The molecule has 28 heavy (non-hydrogen) atoms. The number of nitrogens with zero attached hydrogens (tertiary/aromatic N) is 2. The van der Waals surface area contributed by atoms with E-state index in [1.807, 2.05) is 39.0 Å². The Morgan fingerprint density at radius 3 is 2.46 bits per heavy atom. The van der Waals surface area contributed by atoms with Gasteiger partial charge in [0.1, 0.15) is 11.5 Å². The number of hydrogen-bond donors (Lipinski definition) is 2. The molecule has 0 radical (unpaired) electrons. The van der Waals surface area contributed by atoms with Crippen LogP contribution in [0.25, 0.3) is 0 Å². The van der Waals surface area contributed by atoms with Gasteiger partial charge in [0.2, 0.25) is 5.95 Å². The third kappa shape index (κ3) is 5.13. The van der Waals surface area contributed by atoms with E-state index in [9.17, 15) is 9.18 Å². The number of amides is 1. The molecule has 2 N–H and O–H groups in total. The first-order valence-corrected chi connectivity index (χ1v) is 9.13. The number of anilines is 2. The van der Waals surface area contributed by atoms with Crippen LogP contribution in [0.3, 0.4) is 0 Å². The van der Waals surface area contributed by atoms with E-state index in [1.54, 1.807) is 18.2 Å². The van der Waals surface area contributed by atoms with E-state index in [4.69, 9.17) is 0 Å². The molecule has 1 heterocycles. The molecule has 5 nitrogen and oxygen atoms in total. The topological polar surface area (TPSA) is 66.9 Å². The van der Waals surface area contributed by atoms with Crippen molar-refractivity contribution in [3.63, 3.8) is 0 Å². The molecule has 3 aromatic rings. The van der Waals surface area contributed by atoms with Crippen LogP contribution in [0.5, 0.6) is 0 Å². The van der Waals surface area contributed by atoms with E-state index in [0.29, 0.717) is 30.3 Å². The van der Waals surface area contributed by atoms with Gasteiger partial charge in [-0.15, -0.1) is 0 Å². The summed E-state index contributed by atoms with van der Waals surface area (Å²) in [5.41, 5.74) is 4.91. The van der Waals surface area contributed by atoms with Crippen LogP contribution in [0.1, 0.15) is 32.9 Å². The van der Waals surface area contributed by atoms with Crippen molar-refractivity contribution in [2.75, 3.05) is 17.2 Å². The number of aromatic nitrogens is 2. The van der Waals surface area contributed by atoms with E-state index in [-0.39, 0.29) is 11.7 Å². The highest BCUT2D eigenvalue weighted by Crippen LogP contribution is 2.17. The number of hydrogen-bond acceptors (Lipinski definition) is 4.